The van der Waals surface area contributed by atoms with Gasteiger partial charge in [0.25, 0.3) is 0 Å². The van der Waals surface area contributed by atoms with E-state index in [1.54, 1.807) is 7.05 Å². The summed E-state index contributed by atoms with van der Waals surface area (Å²) in [7, 11) is 1.72. The van der Waals surface area contributed by atoms with Crippen molar-refractivity contribution in [2.24, 2.45) is 5.92 Å². The third kappa shape index (κ3) is 5.56. The van der Waals surface area contributed by atoms with Crippen LogP contribution in [-0.2, 0) is 9.53 Å². The van der Waals surface area contributed by atoms with Crippen LogP contribution in [-0.4, -0.2) is 26.2 Å². The monoisotopic (exact) mass is 147 g/mol. The fourth-order valence-corrected chi connectivity index (χ4v) is 0.455. The Hall–Kier alpha value is -0.570. The molecule has 0 bridgehead atoms. The Bertz CT molecular complexity index is 107. The molecule has 0 radical (unpaired) electrons. The van der Waals surface area contributed by atoms with Gasteiger partial charge in [0, 0.05) is 1.43 Å². The molecule has 0 spiro atoms. The van der Waals surface area contributed by atoms with E-state index in [0.29, 0.717) is 19.1 Å². The van der Waals surface area contributed by atoms with Gasteiger partial charge in [-0.3, -0.25) is 4.79 Å². The van der Waals surface area contributed by atoms with E-state index in [1.165, 1.54) is 0 Å². The molecule has 1 N–H and O–H groups in total. The normalized spacial score (nSPS) is 10.0. The molecule has 0 amide bonds. The average Bonchev–Trinajstić information content (AvgIpc) is 1.85. The highest BCUT2D eigenvalue weighted by Crippen LogP contribution is 1.91. The van der Waals surface area contributed by atoms with Gasteiger partial charge >= 0.3 is 5.97 Å². The molecule has 0 unspecified atom stereocenters. The molecular weight excluding hydrogens is 130 g/mol. The molecule has 0 rings (SSSR count). The molecule has 0 fully saturated rings. The van der Waals surface area contributed by atoms with Gasteiger partial charge in [0.1, 0.15) is 0 Å². The minimum atomic E-state index is -0.184. The Balaban J connectivity index is 0. The van der Waals surface area contributed by atoms with E-state index >= 15 is 0 Å². The molecule has 0 atom stereocenters. The maximum absolute atomic E-state index is 10.7. The molecule has 3 heteroatoms. The number of ether oxygens (including phenoxy) is 1. The second kappa shape index (κ2) is 5.23. The lowest BCUT2D eigenvalue weighted by Crippen LogP contribution is -2.22. The van der Waals surface area contributed by atoms with Gasteiger partial charge in [-0.05, 0) is 13.0 Å². The van der Waals surface area contributed by atoms with E-state index in [1.807, 2.05) is 13.8 Å². The van der Waals surface area contributed by atoms with Gasteiger partial charge in [-0.1, -0.05) is 13.8 Å². The molecule has 3 nitrogen and oxygen atoms in total. The summed E-state index contributed by atoms with van der Waals surface area (Å²) >= 11 is 0. The summed E-state index contributed by atoms with van der Waals surface area (Å²) in [6.07, 6.45) is 0. The highest BCUT2D eigenvalue weighted by Gasteiger charge is 2.00. The Morgan fingerprint density at radius 1 is 1.70 bits per heavy atom. The van der Waals surface area contributed by atoms with Crippen LogP contribution in [0.15, 0.2) is 0 Å². The first kappa shape index (κ1) is 9.43. The van der Waals surface area contributed by atoms with Crippen LogP contribution in [0.25, 0.3) is 0 Å². The summed E-state index contributed by atoms with van der Waals surface area (Å²) in [5, 5.41) is 2.72. The van der Waals surface area contributed by atoms with E-state index in [0.717, 1.165) is 0 Å². The Kier molecular flexibility index (Phi) is 4.94. The lowest BCUT2D eigenvalue weighted by Gasteiger charge is -2.05. The number of hydrogen-bond acceptors (Lipinski definition) is 3. The van der Waals surface area contributed by atoms with Gasteiger partial charge in [-0.15, -0.1) is 0 Å². The molecule has 0 heterocycles. The zero-order chi connectivity index (χ0) is 7.98. The van der Waals surface area contributed by atoms with Gasteiger partial charge in [-0.2, -0.15) is 0 Å². The van der Waals surface area contributed by atoms with Crippen LogP contribution in [0, 0.1) is 5.92 Å². The lowest BCUT2D eigenvalue weighted by molar-refractivity contribution is -0.143. The summed E-state index contributed by atoms with van der Waals surface area (Å²) in [5.74, 6) is 0.233. The number of esters is 1. The van der Waals surface area contributed by atoms with Gasteiger partial charge in [0.05, 0.1) is 13.2 Å². The van der Waals surface area contributed by atoms with Gasteiger partial charge in [0.15, 0.2) is 0 Å². The van der Waals surface area contributed by atoms with Crippen LogP contribution in [0.4, 0.5) is 0 Å². The number of carbonyl (C=O) groups is 1. The second-order valence-corrected chi connectivity index (χ2v) is 2.61. The van der Waals surface area contributed by atoms with Crippen LogP contribution < -0.4 is 5.32 Å². The maximum Gasteiger partial charge on any atom is 0.319 e. The number of nitrogens with one attached hydrogen (secondary N) is 1. The maximum atomic E-state index is 10.7. The van der Waals surface area contributed by atoms with E-state index < -0.39 is 0 Å². The first-order chi connectivity index (χ1) is 4.66. The molecule has 0 aliphatic carbocycles. The van der Waals surface area contributed by atoms with Gasteiger partial charge < -0.3 is 10.1 Å². The Morgan fingerprint density at radius 3 is 2.70 bits per heavy atom. The molecule has 0 aromatic rings. The van der Waals surface area contributed by atoms with E-state index in [9.17, 15) is 4.79 Å². The molecule has 0 saturated carbocycles. The van der Waals surface area contributed by atoms with Gasteiger partial charge in [0.2, 0.25) is 0 Å². The third-order valence-electron chi connectivity index (χ3n) is 0.899. The molecule has 0 aliphatic heterocycles. The topological polar surface area (TPSA) is 38.3 Å². The predicted octanol–water partition coefficient (Wildman–Crippen LogP) is 0.651. The fraction of sp³-hybridized carbons (Fsp3) is 0.857. The molecule has 0 saturated heterocycles. The smallest absolute Gasteiger partial charge is 0.319 e. The van der Waals surface area contributed by atoms with Crippen molar-refractivity contribution in [2.75, 3.05) is 20.2 Å². The third-order valence-corrected chi connectivity index (χ3v) is 0.899. The van der Waals surface area contributed by atoms with E-state index in [-0.39, 0.29) is 7.40 Å². The van der Waals surface area contributed by atoms with E-state index in [4.69, 9.17) is 4.74 Å². The van der Waals surface area contributed by atoms with Crippen LogP contribution in [0.5, 0.6) is 0 Å². The van der Waals surface area contributed by atoms with Gasteiger partial charge in [-0.25, -0.2) is 0 Å². The average molecular weight is 147 g/mol. The number of rotatable bonds is 4. The van der Waals surface area contributed by atoms with Crippen molar-refractivity contribution < 1.29 is 11.0 Å². The Morgan fingerprint density at radius 2 is 2.30 bits per heavy atom. The summed E-state index contributed by atoms with van der Waals surface area (Å²) in [6, 6.07) is 0. The molecule has 10 heavy (non-hydrogen) atoms. The van der Waals surface area contributed by atoms with Crippen molar-refractivity contribution in [1.29, 1.82) is 0 Å². The molecular formula is C7H17NO2. The zero-order valence-electron chi connectivity index (χ0n) is 6.81. The van der Waals surface area contributed by atoms with Crippen molar-refractivity contribution in [3.63, 3.8) is 0 Å². The standard InChI is InChI=1S/C7H15NO2.H2/c1-6(2)5-10-7(9)4-8-3;/h6,8H,4-5H2,1-3H3;1H. The molecule has 0 aromatic carbocycles. The minimum Gasteiger partial charge on any atom is -0.464 e. The van der Waals surface area contributed by atoms with Crippen molar-refractivity contribution in [3.8, 4) is 0 Å². The summed E-state index contributed by atoms with van der Waals surface area (Å²) < 4.78 is 4.84. The number of hydrogen-bond donors (Lipinski definition) is 1. The van der Waals surface area contributed by atoms with E-state index in [2.05, 4.69) is 5.32 Å². The first-order valence-electron chi connectivity index (χ1n) is 3.47. The molecule has 62 valence electrons. The van der Waals surface area contributed by atoms with Crippen molar-refractivity contribution in [3.05, 3.63) is 0 Å². The SMILES string of the molecule is CNCC(=O)OCC(C)C.[HH]. The van der Waals surface area contributed by atoms with Crippen LogP contribution in [0.2, 0.25) is 0 Å². The predicted molar refractivity (Wildman–Crippen MR) is 41.8 cm³/mol. The van der Waals surface area contributed by atoms with Crippen molar-refractivity contribution in [2.45, 2.75) is 13.8 Å². The Labute approximate surface area is 63.2 Å². The zero-order valence-corrected chi connectivity index (χ0v) is 6.81. The largest absolute Gasteiger partial charge is 0.464 e. The summed E-state index contributed by atoms with van der Waals surface area (Å²) in [5.41, 5.74) is 0. The van der Waals surface area contributed by atoms with Crippen LogP contribution in [0.3, 0.4) is 0 Å². The van der Waals surface area contributed by atoms with Crippen molar-refractivity contribution >= 4 is 5.97 Å². The number of carbonyl (C=O) groups excluding carboxylic acids is 1. The highest BCUT2D eigenvalue weighted by molar-refractivity contribution is 5.71. The van der Waals surface area contributed by atoms with Crippen LogP contribution >= 0.6 is 0 Å². The molecule has 0 aliphatic rings. The second-order valence-electron chi connectivity index (χ2n) is 2.61. The van der Waals surface area contributed by atoms with Crippen LogP contribution in [0.1, 0.15) is 15.3 Å². The fourth-order valence-electron chi connectivity index (χ4n) is 0.455. The highest BCUT2D eigenvalue weighted by atomic mass is 16.5. The lowest BCUT2D eigenvalue weighted by atomic mass is 10.2. The minimum absolute atomic E-state index is 0. The number of likely N-dealkylation sites (N-methyl/N-ethyl adjacent to an activating group) is 1. The van der Waals surface area contributed by atoms with Crippen molar-refractivity contribution in [1.82, 2.24) is 5.32 Å². The summed E-state index contributed by atoms with van der Waals surface area (Å²) in [4.78, 5) is 10.7. The molecule has 0 aromatic heterocycles. The summed E-state index contributed by atoms with van der Waals surface area (Å²) in [6.45, 7) is 4.83. The quantitative estimate of drug-likeness (QED) is 0.593. The first-order valence-corrected chi connectivity index (χ1v) is 3.47.